The molecule has 2 heterocycles. The van der Waals surface area contributed by atoms with Crippen LogP contribution in [0.2, 0.25) is 0 Å². The van der Waals surface area contributed by atoms with Gasteiger partial charge in [0.1, 0.15) is 4.83 Å². The average molecular weight is 471 g/mol. The Balaban J connectivity index is 1.86. The van der Waals surface area contributed by atoms with Gasteiger partial charge in [0.2, 0.25) is 0 Å². The number of esters is 1. The van der Waals surface area contributed by atoms with Gasteiger partial charge in [0.25, 0.3) is 5.56 Å². The molecule has 0 aliphatic heterocycles. The van der Waals surface area contributed by atoms with E-state index in [-0.39, 0.29) is 22.7 Å². The zero-order chi connectivity index (χ0) is 23.0. The zero-order valence-electron chi connectivity index (χ0n) is 19.4. The van der Waals surface area contributed by atoms with Crippen molar-refractivity contribution in [3.63, 3.8) is 0 Å². The highest BCUT2D eigenvalue weighted by Gasteiger charge is 2.32. The number of hydrogen-bond acceptors (Lipinski definition) is 6. The molecule has 0 fully saturated rings. The Morgan fingerprint density at radius 3 is 2.75 bits per heavy atom. The van der Waals surface area contributed by atoms with Gasteiger partial charge in [-0.1, -0.05) is 50.7 Å². The molecule has 7 heteroatoms. The largest absolute Gasteiger partial charge is 0.465 e. The van der Waals surface area contributed by atoms with Crippen molar-refractivity contribution >= 4 is 39.3 Å². The molecular formula is C25H30N2O3S2. The summed E-state index contributed by atoms with van der Waals surface area (Å²) in [6.07, 6.45) is 3.00. The first-order valence-electron chi connectivity index (χ1n) is 11.1. The second-order valence-corrected chi connectivity index (χ2v) is 11.4. The molecule has 32 heavy (non-hydrogen) atoms. The van der Waals surface area contributed by atoms with Gasteiger partial charge in [-0.05, 0) is 61.6 Å². The molecule has 0 bridgehead atoms. The Labute approximate surface area is 197 Å². The van der Waals surface area contributed by atoms with E-state index in [1.807, 2.05) is 31.2 Å². The van der Waals surface area contributed by atoms with Gasteiger partial charge in [-0.2, -0.15) is 0 Å². The number of aromatic nitrogens is 2. The molecule has 1 atom stereocenters. The third-order valence-corrected chi connectivity index (χ3v) is 8.32. The molecule has 2 aromatic heterocycles. The molecule has 3 aromatic rings. The van der Waals surface area contributed by atoms with Crippen LogP contribution in [-0.2, 0) is 22.4 Å². The van der Waals surface area contributed by atoms with Gasteiger partial charge in [0.05, 0.1) is 23.4 Å². The fourth-order valence-electron chi connectivity index (χ4n) is 4.40. The molecule has 1 aliphatic rings. The molecule has 0 spiro atoms. The number of ether oxygens (including phenoxy) is 1. The van der Waals surface area contributed by atoms with Crippen LogP contribution in [0.4, 0.5) is 0 Å². The zero-order valence-corrected chi connectivity index (χ0v) is 21.0. The Bertz CT molecular complexity index is 1220. The third kappa shape index (κ3) is 4.37. The predicted molar refractivity (Wildman–Crippen MR) is 132 cm³/mol. The number of thiophene rings is 1. The van der Waals surface area contributed by atoms with Crippen LogP contribution in [0.5, 0.6) is 0 Å². The van der Waals surface area contributed by atoms with E-state index >= 15 is 0 Å². The van der Waals surface area contributed by atoms with Crippen molar-refractivity contribution in [2.75, 3.05) is 12.4 Å². The van der Waals surface area contributed by atoms with E-state index in [4.69, 9.17) is 9.72 Å². The molecule has 0 N–H and O–H groups in total. The highest BCUT2D eigenvalue weighted by molar-refractivity contribution is 7.99. The first kappa shape index (κ1) is 23.1. The van der Waals surface area contributed by atoms with E-state index < -0.39 is 0 Å². The summed E-state index contributed by atoms with van der Waals surface area (Å²) in [4.78, 5) is 32.9. The maximum absolute atomic E-state index is 13.9. The van der Waals surface area contributed by atoms with Gasteiger partial charge >= 0.3 is 5.97 Å². The average Bonchev–Trinajstić information content (AvgIpc) is 3.10. The standard InChI is InChI=1S/C25H30N2O3S2/c1-6-30-20(28)14-31-24-26-22-21(23(29)27(24)18-10-8-7-9-15(18)2)17-12-11-16(25(3,4)5)13-19(17)32-22/h7-10,16H,6,11-14H2,1-5H3. The summed E-state index contributed by atoms with van der Waals surface area (Å²) in [7, 11) is 0. The third-order valence-electron chi connectivity index (χ3n) is 6.26. The number of rotatable bonds is 5. The molecule has 1 aromatic carbocycles. The maximum Gasteiger partial charge on any atom is 0.316 e. The Hall–Kier alpha value is -2.12. The number of aryl methyl sites for hydroxylation is 2. The second kappa shape index (κ2) is 9.02. The fourth-order valence-corrected chi connectivity index (χ4v) is 6.54. The lowest BCUT2D eigenvalue weighted by Gasteiger charge is -2.33. The molecule has 1 aliphatic carbocycles. The van der Waals surface area contributed by atoms with E-state index in [1.165, 1.54) is 22.2 Å². The van der Waals surface area contributed by atoms with Gasteiger partial charge in [-0.25, -0.2) is 4.98 Å². The molecule has 0 saturated heterocycles. The topological polar surface area (TPSA) is 61.2 Å². The lowest BCUT2D eigenvalue weighted by Crippen LogP contribution is -2.27. The lowest BCUT2D eigenvalue weighted by atomic mass is 9.72. The highest BCUT2D eigenvalue weighted by Crippen LogP contribution is 2.42. The number of thioether (sulfide) groups is 1. The van der Waals surface area contributed by atoms with Crippen molar-refractivity contribution in [3.05, 3.63) is 50.6 Å². The fraction of sp³-hybridized carbons (Fsp3) is 0.480. The van der Waals surface area contributed by atoms with Crippen LogP contribution in [0.3, 0.4) is 0 Å². The number of carbonyl (C=O) groups excluding carboxylic acids is 1. The van der Waals surface area contributed by atoms with Crippen LogP contribution in [0.1, 0.15) is 50.1 Å². The molecular weight excluding hydrogens is 440 g/mol. The van der Waals surface area contributed by atoms with Crippen LogP contribution < -0.4 is 5.56 Å². The molecule has 4 rings (SSSR count). The van der Waals surface area contributed by atoms with Crippen molar-refractivity contribution in [2.24, 2.45) is 11.3 Å². The van der Waals surface area contributed by atoms with Crippen molar-refractivity contribution in [1.29, 1.82) is 0 Å². The van der Waals surface area contributed by atoms with E-state index in [9.17, 15) is 9.59 Å². The van der Waals surface area contributed by atoms with E-state index in [1.54, 1.807) is 22.8 Å². The highest BCUT2D eigenvalue weighted by atomic mass is 32.2. The van der Waals surface area contributed by atoms with Crippen LogP contribution in [-0.4, -0.2) is 27.9 Å². The first-order valence-corrected chi connectivity index (χ1v) is 12.9. The molecule has 0 saturated carbocycles. The number of hydrogen-bond donors (Lipinski definition) is 0. The number of fused-ring (bicyclic) bond motifs is 3. The van der Waals surface area contributed by atoms with Crippen molar-refractivity contribution in [1.82, 2.24) is 9.55 Å². The predicted octanol–water partition coefficient (Wildman–Crippen LogP) is 5.56. The summed E-state index contributed by atoms with van der Waals surface area (Å²) in [5.41, 5.74) is 3.17. The number of nitrogens with zero attached hydrogens (tertiary/aromatic N) is 2. The first-order chi connectivity index (χ1) is 15.2. The van der Waals surface area contributed by atoms with Crippen LogP contribution in [0.15, 0.2) is 34.2 Å². The number of carbonyl (C=O) groups is 1. The molecule has 0 radical (unpaired) electrons. The van der Waals surface area contributed by atoms with E-state index in [2.05, 4.69) is 20.8 Å². The van der Waals surface area contributed by atoms with E-state index in [0.29, 0.717) is 17.7 Å². The summed E-state index contributed by atoms with van der Waals surface area (Å²) in [6, 6.07) is 7.81. The summed E-state index contributed by atoms with van der Waals surface area (Å²) in [5, 5.41) is 1.29. The molecule has 5 nitrogen and oxygen atoms in total. The summed E-state index contributed by atoms with van der Waals surface area (Å²) in [6.45, 7) is 11.0. The Morgan fingerprint density at radius 1 is 1.31 bits per heavy atom. The van der Waals surface area contributed by atoms with Crippen LogP contribution in [0, 0.1) is 18.3 Å². The normalized spacial score (nSPS) is 16.2. The Kier molecular flexibility index (Phi) is 6.50. The van der Waals surface area contributed by atoms with Crippen LogP contribution in [0.25, 0.3) is 15.9 Å². The van der Waals surface area contributed by atoms with Gasteiger partial charge in [-0.15, -0.1) is 11.3 Å². The summed E-state index contributed by atoms with van der Waals surface area (Å²) < 4.78 is 6.77. The minimum absolute atomic E-state index is 0.0395. The number of benzene rings is 1. The molecule has 1 unspecified atom stereocenters. The molecule has 0 amide bonds. The van der Waals surface area contributed by atoms with Gasteiger partial charge < -0.3 is 4.74 Å². The molecule has 170 valence electrons. The maximum atomic E-state index is 13.9. The van der Waals surface area contributed by atoms with Crippen molar-refractivity contribution in [3.8, 4) is 5.69 Å². The minimum atomic E-state index is -0.304. The number of para-hydroxylation sites is 1. The summed E-state index contributed by atoms with van der Waals surface area (Å²) in [5.74, 6) is 0.412. The SMILES string of the molecule is CCOC(=O)CSc1nc2sc3c(c2c(=O)n1-c1ccccc1C)CCC(C(C)(C)C)C3. The minimum Gasteiger partial charge on any atom is -0.465 e. The second-order valence-electron chi connectivity index (χ2n) is 9.40. The van der Waals surface area contributed by atoms with Gasteiger partial charge in [-0.3, -0.25) is 14.2 Å². The van der Waals surface area contributed by atoms with Gasteiger partial charge in [0, 0.05) is 4.88 Å². The smallest absolute Gasteiger partial charge is 0.316 e. The lowest BCUT2D eigenvalue weighted by molar-refractivity contribution is -0.139. The Morgan fingerprint density at radius 2 is 2.06 bits per heavy atom. The van der Waals surface area contributed by atoms with Crippen molar-refractivity contribution < 1.29 is 9.53 Å². The monoisotopic (exact) mass is 470 g/mol. The van der Waals surface area contributed by atoms with Crippen LogP contribution >= 0.6 is 23.1 Å². The van der Waals surface area contributed by atoms with Crippen molar-refractivity contribution in [2.45, 2.75) is 59.0 Å². The van der Waals surface area contributed by atoms with E-state index in [0.717, 1.165) is 40.7 Å². The summed E-state index contributed by atoms with van der Waals surface area (Å²) >= 11 is 2.91. The van der Waals surface area contributed by atoms with Gasteiger partial charge in [0.15, 0.2) is 5.16 Å². The quantitative estimate of drug-likeness (QED) is 0.277.